The molecule has 2 aromatic heterocycles. The van der Waals surface area contributed by atoms with E-state index in [1.807, 2.05) is 63.2 Å². The number of nitrogens with one attached hydrogen (secondary N) is 3. The number of aryl methyl sites for hydroxylation is 1. The molecule has 0 aliphatic heterocycles. The van der Waals surface area contributed by atoms with Crippen LogP contribution in [0.2, 0.25) is 0 Å². The van der Waals surface area contributed by atoms with Gasteiger partial charge in [-0.25, -0.2) is 9.97 Å². The third-order valence-corrected chi connectivity index (χ3v) is 4.73. The summed E-state index contributed by atoms with van der Waals surface area (Å²) in [6.45, 7) is 5.41. The van der Waals surface area contributed by atoms with Gasteiger partial charge in [0.25, 0.3) is 0 Å². The quantitative estimate of drug-likeness (QED) is 0.545. The fourth-order valence-corrected chi connectivity index (χ4v) is 3.36. The Kier molecular flexibility index (Phi) is 5.84. The van der Waals surface area contributed by atoms with E-state index in [0.29, 0.717) is 16.8 Å². The van der Waals surface area contributed by atoms with Gasteiger partial charge in [0, 0.05) is 48.9 Å². The summed E-state index contributed by atoms with van der Waals surface area (Å²) in [5.74, 6) is 2.16. The molecule has 0 bridgehead atoms. The minimum absolute atomic E-state index is 0.0952. The average molecular weight is 398 g/mol. The van der Waals surface area contributed by atoms with Crippen LogP contribution in [0.15, 0.2) is 40.4 Å². The first-order valence-corrected chi connectivity index (χ1v) is 9.54. The minimum atomic E-state index is -0.0952. The lowest BCUT2D eigenvalue weighted by atomic mass is 10.3. The normalized spacial score (nSPS) is 10.6. The summed E-state index contributed by atoms with van der Waals surface area (Å²) in [5, 5.41) is 13.8. The second kappa shape index (κ2) is 8.30. The number of aromatic nitrogens is 4. The van der Waals surface area contributed by atoms with E-state index in [9.17, 15) is 4.79 Å². The average Bonchev–Trinajstić information content (AvgIpc) is 3.03. The molecule has 0 saturated carbocycles. The zero-order chi connectivity index (χ0) is 20.3. The molecular weight excluding hydrogens is 374 g/mol. The largest absolute Gasteiger partial charge is 0.362 e. The number of nitrogens with zero attached hydrogens (tertiary/aromatic N) is 4. The van der Waals surface area contributed by atoms with Crippen LogP contribution in [0, 0.1) is 13.8 Å². The van der Waals surface area contributed by atoms with Crippen molar-refractivity contribution in [2.75, 3.05) is 29.6 Å². The fourth-order valence-electron chi connectivity index (χ4n) is 2.61. The van der Waals surface area contributed by atoms with Crippen LogP contribution in [0.3, 0.4) is 0 Å². The first kappa shape index (κ1) is 19.7. The summed E-state index contributed by atoms with van der Waals surface area (Å²) >= 11 is 1.46. The lowest BCUT2D eigenvalue weighted by Crippen LogP contribution is -2.15. The van der Waals surface area contributed by atoms with Gasteiger partial charge in [-0.3, -0.25) is 9.89 Å². The van der Waals surface area contributed by atoms with Gasteiger partial charge in [0.1, 0.15) is 11.6 Å². The van der Waals surface area contributed by atoms with Crippen molar-refractivity contribution in [3.05, 3.63) is 41.6 Å². The first-order valence-electron chi connectivity index (χ1n) is 8.72. The number of hydrogen-bond acceptors (Lipinski definition) is 7. The van der Waals surface area contributed by atoms with Crippen molar-refractivity contribution >= 4 is 40.8 Å². The number of H-pyrrole nitrogens is 1. The monoisotopic (exact) mass is 397 g/mol. The van der Waals surface area contributed by atoms with Crippen molar-refractivity contribution in [3.63, 3.8) is 0 Å². The number of carbonyl (C=O) groups excluding carboxylic acids is 1. The predicted octanol–water partition coefficient (Wildman–Crippen LogP) is 3.74. The van der Waals surface area contributed by atoms with Gasteiger partial charge in [0.05, 0.1) is 0 Å². The lowest BCUT2D eigenvalue weighted by molar-refractivity contribution is -0.114. The molecular formula is C19H23N7OS. The van der Waals surface area contributed by atoms with Crippen LogP contribution in [-0.4, -0.2) is 40.2 Å². The summed E-state index contributed by atoms with van der Waals surface area (Å²) in [5.41, 5.74) is 2.67. The SMILES string of the molecule is CC(=O)Nc1ccc(Sc2nc(Nc3cc(C)[nH]n3)c(C)c(N(C)C)n2)cc1. The molecule has 0 fully saturated rings. The molecule has 146 valence electrons. The summed E-state index contributed by atoms with van der Waals surface area (Å²) < 4.78 is 0. The van der Waals surface area contributed by atoms with E-state index in [0.717, 1.165) is 27.7 Å². The Morgan fingerprint density at radius 1 is 1.14 bits per heavy atom. The third kappa shape index (κ3) is 4.80. The summed E-state index contributed by atoms with van der Waals surface area (Å²) in [4.78, 5) is 23.5. The van der Waals surface area contributed by atoms with E-state index >= 15 is 0 Å². The summed E-state index contributed by atoms with van der Waals surface area (Å²) in [6, 6.07) is 9.49. The molecule has 0 radical (unpaired) electrons. The van der Waals surface area contributed by atoms with Crippen molar-refractivity contribution in [2.45, 2.75) is 30.8 Å². The van der Waals surface area contributed by atoms with Gasteiger partial charge < -0.3 is 15.5 Å². The Morgan fingerprint density at radius 3 is 2.43 bits per heavy atom. The van der Waals surface area contributed by atoms with Gasteiger partial charge in [-0.1, -0.05) is 0 Å². The Balaban J connectivity index is 1.88. The predicted molar refractivity (Wildman–Crippen MR) is 113 cm³/mol. The van der Waals surface area contributed by atoms with Gasteiger partial charge >= 0.3 is 0 Å². The van der Waals surface area contributed by atoms with E-state index in [1.165, 1.54) is 18.7 Å². The van der Waals surface area contributed by atoms with Crippen LogP contribution in [0.5, 0.6) is 0 Å². The Hall–Kier alpha value is -3.07. The maximum atomic E-state index is 11.2. The van der Waals surface area contributed by atoms with E-state index in [4.69, 9.17) is 0 Å². The molecule has 0 unspecified atom stereocenters. The van der Waals surface area contributed by atoms with Crippen molar-refractivity contribution in [2.24, 2.45) is 0 Å². The van der Waals surface area contributed by atoms with Crippen molar-refractivity contribution in [1.29, 1.82) is 0 Å². The topological polar surface area (TPSA) is 98.8 Å². The number of benzene rings is 1. The molecule has 8 nitrogen and oxygen atoms in total. The van der Waals surface area contributed by atoms with E-state index < -0.39 is 0 Å². The summed E-state index contributed by atoms with van der Waals surface area (Å²) in [7, 11) is 3.91. The molecule has 1 aromatic carbocycles. The minimum Gasteiger partial charge on any atom is -0.362 e. The molecule has 9 heteroatoms. The number of amides is 1. The van der Waals surface area contributed by atoms with Crippen molar-refractivity contribution < 1.29 is 4.79 Å². The molecule has 3 aromatic rings. The van der Waals surface area contributed by atoms with Gasteiger partial charge in [-0.2, -0.15) is 5.10 Å². The van der Waals surface area contributed by atoms with E-state index in [-0.39, 0.29) is 5.91 Å². The van der Waals surface area contributed by atoms with Crippen LogP contribution >= 0.6 is 11.8 Å². The number of rotatable bonds is 6. The number of carbonyl (C=O) groups is 1. The Morgan fingerprint density at radius 2 is 1.86 bits per heavy atom. The van der Waals surface area contributed by atoms with Crippen LogP contribution in [0.25, 0.3) is 0 Å². The number of anilines is 4. The van der Waals surface area contributed by atoms with Gasteiger partial charge in [-0.15, -0.1) is 0 Å². The summed E-state index contributed by atoms with van der Waals surface area (Å²) in [6.07, 6.45) is 0. The molecule has 1 amide bonds. The van der Waals surface area contributed by atoms with Gasteiger partial charge in [-0.05, 0) is 49.9 Å². The van der Waals surface area contributed by atoms with Crippen LogP contribution in [-0.2, 0) is 4.79 Å². The Labute approximate surface area is 168 Å². The van der Waals surface area contributed by atoms with E-state index in [1.54, 1.807) is 0 Å². The molecule has 3 rings (SSSR count). The molecule has 28 heavy (non-hydrogen) atoms. The molecule has 0 spiro atoms. The number of aromatic amines is 1. The highest BCUT2D eigenvalue weighted by molar-refractivity contribution is 7.99. The molecule has 2 heterocycles. The second-order valence-corrected chi connectivity index (χ2v) is 7.61. The lowest BCUT2D eigenvalue weighted by Gasteiger charge is -2.18. The number of hydrogen-bond donors (Lipinski definition) is 3. The van der Waals surface area contributed by atoms with Crippen molar-refractivity contribution in [1.82, 2.24) is 20.2 Å². The zero-order valence-electron chi connectivity index (χ0n) is 16.5. The fraction of sp³-hybridized carbons (Fsp3) is 0.263. The molecule has 0 aliphatic rings. The molecule has 0 aliphatic carbocycles. The van der Waals surface area contributed by atoms with Crippen LogP contribution in [0.1, 0.15) is 18.2 Å². The van der Waals surface area contributed by atoms with Gasteiger partial charge in [0.2, 0.25) is 5.91 Å². The maximum Gasteiger partial charge on any atom is 0.221 e. The zero-order valence-corrected chi connectivity index (χ0v) is 17.3. The highest BCUT2D eigenvalue weighted by Crippen LogP contribution is 2.32. The third-order valence-electron chi connectivity index (χ3n) is 3.86. The first-order chi connectivity index (χ1) is 13.3. The van der Waals surface area contributed by atoms with Crippen LogP contribution in [0.4, 0.5) is 23.1 Å². The van der Waals surface area contributed by atoms with E-state index in [2.05, 4.69) is 30.8 Å². The van der Waals surface area contributed by atoms with Crippen LogP contribution < -0.4 is 15.5 Å². The smallest absolute Gasteiger partial charge is 0.221 e. The molecule has 3 N–H and O–H groups in total. The highest BCUT2D eigenvalue weighted by Gasteiger charge is 2.14. The van der Waals surface area contributed by atoms with Gasteiger partial charge in [0.15, 0.2) is 11.0 Å². The molecule has 0 saturated heterocycles. The standard InChI is InChI=1S/C19H23N7OS/c1-11-10-16(25-24-11)21-17-12(2)18(26(4)5)23-19(22-17)28-15-8-6-14(7-9-15)20-13(3)27/h6-10H,1-5H3,(H,20,27)(H2,21,22,23,24,25). The van der Waals surface area contributed by atoms with Crippen molar-refractivity contribution in [3.8, 4) is 0 Å². The Bertz CT molecular complexity index is 982. The maximum absolute atomic E-state index is 11.2. The second-order valence-electron chi connectivity index (χ2n) is 6.57. The molecule has 0 atom stereocenters. The highest BCUT2D eigenvalue weighted by atomic mass is 32.2.